The highest BCUT2D eigenvalue weighted by Crippen LogP contribution is 1.95. The molecule has 0 aliphatic heterocycles. The Hall–Kier alpha value is -0.830. The van der Waals surface area contributed by atoms with Crippen LogP contribution in [0.4, 0.5) is 0 Å². The van der Waals surface area contributed by atoms with Gasteiger partial charge in [-0.2, -0.15) is 0 Å². The van der Waals surface area contributed by atoms with Gasteiger partial charge in [-0.25, -0.2) is 4.79 Å². The summed E-state index contributed by atoms with van der Waals surface area (Å²) in [6.07, 6.45) is 3.50. The summed E-state index contributed by atoms with van der Waals surface area (Å²) in [4.78, 5) is 9.89. The molecule has 0 aliphatic rings. The van der Waals surface area contributed by atoms with Crippen LogP contribution in [0.2, 0.25) is 0 Å². The van der Waals surface area contributed by atoms with Crippen molar-refractivity contribution in [3.8, 4) is 0 Å². The second-order valence-electron chi connectivity index (χ2n) is 2.17. The molecule has 0 bridgehead atoms. The van der Waals surface area contributed by atoms with Crippen molar-refractivity contribution in [3.05, 3.63) is 12.2 Å². The summed E-state index contributed by atoms with van der Waals surface area (Å²) >= 11 is 0. The minimum Gasteiger partial charge on any atom is -0.478 e. The Morgan fingerprint density at radius 3 is 2.70 bits per heavy atom. The van der Waals surface area contributed by atoms with Gasteiger partial charge in [0.1, 0.15) is 0 Å². The second-order valence-corrected chi connectivity index (χ2v) is 2.17. The van der Waals surface area contributed by atoms with E-state index < -0.39 is 5.97 Å². The van der Waals surface area contributed by atoms with Gasteiger partial charge in [0.25, 0.3) is 0 Å². The summed E-state index contributed by atoms with van der Waals surface area (Å²) in [5.74, 6) is -0.939. The SMILES string of the molecule is CC(O)CCC=CC(=O)O. The Morgan fingerprint density at radius 2 is 2.30 bits per heavy atom. The molecule has 3 heteroatoms. The Kier molecular flexibility index (Phi) is 4.58. The summed E-state index contributed by atoms with van der Waals surface area (Å²) in [5.41, 5.74) is 0. The number of hydrogen-bond donors (Lipinski definition) is 2. The van der Waals surface area contributed by atoms with E-state index in [0.29, 0.717) is 12.8 Å². The Balaban J connectivity index is 3.27. The predicted octanol–water partition coefficient (Wildman–Crippen LogP) is 0.788. The van der Waals surface area contributed by atoms with E-state index in [-0.39, 0.29) is 6.10 Å². The van der Waals surface area contributed by atoms with Crippen LogP contribution in [0.15, 0.2) is 12.2 Å². The number of aliphatic hydroxyl groups excluding tert-OH is 1. The van der Waals surface area contributed by atoms with Crippen LogP contribution in [0.1, 0.15) is 19.8 Å². The first-order valence-electron chi connectivity index (χ1n) is 3.20. The lowest BCUT2D eigenvalue weighted by Gasteiger charge is -1.97. The fourth-order valence-electron chi connectivity index (χ4n) is 0.522. The molecule has 0 aromatic carbocycles. The molecule has 0 heterocycles. The molecule has 0 saturated carbocycles. The molecule has 0 aliphatic carbocycles. The summed E-state index contributed by atoms with van der Waals surface area (Å²) in [7, 11) is 0. The average molecular weight is 144 g/mol. The van der Waals surface area contributed by atoms with Gasteiger partial charge in [0, 0.05) is 6.08 Å². The van der Waals surface area contributed by atoms with Crippen LogP contribution in [0.3, 0.4) is 0 Å². The first-order chi connectivity index (χ1) is 4.63. The molecule has 0 amide bonds. The number of allylic oxidation sites excluding steroid dienone is 1. The van der Waals surface area contributed by atoms with E-state index in [1.165, 1.54) is 6.08 Å². The number of carbonyl (C=O) groups is 1. The van der Waals surface area contributed by atoms with Crippen LogP contribution < -0.4 is 0 Å². The number of carboxylic acids is 1. The Labute approximate surface area is 60.0 Å². The molecule has 1 unspecified atom stereocenters. The zero-order chi connectivity index (χ0) is 7.98. The molecule has 0 radical (unpaired) electrons. The maximum atomic E-state index is 9.89. The van der Waals surface area contributed by atoms with Crippen LogP contribution in [0.25, 0.3) is 0 Å². The Bertz CT molecular complexity index is 127. The van der Waals surface area contributed by atoms with Gasteiger partial charge in [-0.3, -0.25) is 0 Å². The van der Waals surface area contributed by atoms with Crippen molar-refractivity contribution in [3.63, 3.8) is 0 Å². The molecule has 3 nitrogen and oxygen atoms in total. The number of carboxylic acid groups (broad SMARTS) is 1. The molecular weight excluding hydrogens is 132 g/mol. The molecule has 0 saturated heterocycles. The van der Waals surface area contributed by atoms with Gasteiger partial charge in [0.05, 0.1) is 6.10 Å². The van der Waals surface area contributed by atoms with Crippen molar-refractivity contribution in [2.24, 2.45) is 0 Å². The normalized spacial score (nSPS) is 13.8. The van der Waals surface area contributed by atoms with Gasteiger partial charge in [-0.1, -0.05) is 6.08 Å². The van der Waals surface area contributed by atoms with Gasteiger partial charge in [0.15, 0.2) is 0 Å². The largest absolute Gasteiger partial charge is 0.478 e. The highest BCUT2D eigenvalue weighted by molar-refractivity contribution is 5.79. The fourth-order valence-corrected chi connectivity index (χ4v) is 0.522. The summed E-state index contributed by atoms with van der Waals surface area (Å²) in [5, 5.41) is 16.9. The topological polar surface area (TPSA) is 57.5 Å². The van der Waals surface area contributed by atoms with Crippen LogP contribution in [0.5, 0.6) is 0 Å². The number of aliphatic carboxylic acids is 1. The van der Waals surface area contributed by atoms with Gasteiger partial charge in [-0.15, -0.1) is 0 Å². The zero-order valence-electron chi connectivity index (χ0n) is 5.95. The average Bonchev–Trinajstić information content (AvgIpc) is 1.79. The molecule has 10 heavy (non-hydrogen) atoms. The van der Waals surface area contributed by atoms with Crippen molar-refractivity contribution in [2.45, 2.75) is 25.9 Å². The van der Waals surface area contributed by atoms with Crippen molar-refractivity contribution in [1.82, 2.24) is 0 Å². The molecule has 0 aromatic heterocycles. The third-order valence-corrected chi connectivity index (χ3v) is 1.01. The van der Waals surface area contributed by atoms with Crippen LogP contribution in [0, 0.1) is 0 Å². The maximum absolute atomic E-state index is 9.89. The lowest BCUT2D eigenvalue weighted by Crippen LogP contribution is -1.97. The van der Waals surface area contributed by atoms with Crippen LogP contribution >= 0.6 is 0 Å². The lowest BCUT2D eigenvalue weighted by molar-refractivity contribution is -0.131. The molecule has 0 fully saturated rings. The third-order valence-electron chi connectivity index (χ3n) is 1.01. The van der Waals surface area contributed by atoms with Gasteiger partial charge in [-0.05, 0) is 19.8 Å². The summed E-state index contributed by atoms with van der Waals surface area (Å²) in [6.45, 7) is 1.68. The van der Waals surface area contributed by atoms with E-state index in [1.807, 2.05) is 0 Å². The molecule has 0 rings (SSSR count). The van der Waals surface area contributed by atoms with Gasteiger partial charge >= 0.3 is 5.97 Å². The number of rotatable bonds is 4. The van der Waals surface area contributed by atoms with E-state index in [4.69, 9.17) is 10.2 Å². The van der Waals surface area contributed by atoms with E-state index in [1.54, 1.807) is 6.92 Å². The molecule has 1 atom stereocenters. The smallest absolute Gasteiger partial charge is 0.327 e. The van der Waals surface area contributed by atoms with Crippen LogP contribution in [-0.2, 0) is 4.79 Å². The lowest BCUT2D eigenvalue weighted by atomic mass is 10.2. The molecule has 58 valence electrons. The van der Waals surface area contributed by atoms with Crippen molar-refractivity contribution in [2.75, 3.05) is 0 Å². The molecular formula is C7H12O3. The highest BCUT2D eigenvalue weighted by atomic mass is 16.4. The molecule has 0 spiro atoms. The van der Waals surface area contributed by atoms with Crippen LogP contribution in [-0.4, -0.2) is 22.3 Å². The third kappa shape index (κ3) is 7.17. The minimum atomic E-state index is -0.939. The van der Waals surface area contributed by atoms with Crippen molar-refractivity contribution >= 4 is 5.97 Å². The summed E-state index contributed by atoms with van der Waals surface area (Å²) < 4.78 is 0. The number of hydrogen-bond acceptors (Lipinski definition) is 2. The zero-order valence-corrected chi connectivity index (χ0v) is 5.95. The van der Waals surface area contributed by atoms with E-state index >= 15 is 0 Å². The van der Waals surface area contributed by atoms with Crippen molar-refractivity contribution < 1.29 is 15.0 Å². The monoisotopic (exact) mass is 144 g/mol. The molecule has 0 aromatic rings. The number of aliphatic hydroxyl groups is 1. The highest BCUT2D eigenvalue weighted by Gasteiger charge is 1.91. The first-order valence-corrected chi connectivity index (χ1v) is 3.20. The van der Waals surface area contributed by atoms with Crippen molar-refractivity contribution in [1.29, 1.82) is 0 Å². The summed E-state index contributed by atoms with van der Waals surface area (Å²) in [6, 6.07) is 0. The van der Waals surface area contributed by atoms with E-state index in [2.05, 4.69) is 0 Å². The van der Waals surface area contributed by atoms with E-state index in [0.717, 1.165) is 6.08 Å². The second kappa shape index (κ2) is 4.99. The fraction of sp³-hybridized carbons (Fsp3) is 0.571. The first kappa shape index (κ1) is 9.17. The standard InChI is InChI=1S/C7H12O3/c1-6(8)4-2-3-5-7(9)10/h3,5-6,8H,2,4H2,1H3,(H,9,10). The Morgan fingerprint density at radius 1 is 1.70 bits per heavy atom. The van der Waals surface area contributed by atoms with E-state index in [9.17, 15) is 4.79 Å². The molecule has 2 N–H and O–H groups in total. The predicted molar refractivity (Wildman–Crippen MR) is 37.7 cm³/mol. The van der Waals surface area contributed by atoms with Gasteiger partial charge < -0.3 is 10.2 Å². The minimum absolute atomic E-state index is 0.349. The van der Waals surface area contributed by atoms with Gasteiger partial charge in [0.2, 0.25) is 0 Å². The quantitative estimate of drug-likeness (QED) is 0.573. The maximum Gasteiger partial charge on any atom is 0.327 e.